The molecule has 0 aromatic heterocycles. The van der Waals surface area contributed by atoms with Crippen LogP contribution in [0.5, 0.6) is 0 Å². The van der Waals surface area contributed by atoms with Gasteiger partial charge >= 0.3 is 0 Å². The minimum absolute atomic E-state index is 0.0552. The molecule has 86 valence electrons. The van der Waals surface area contributed by atoms with Crippen molar-refractivity contribution in [2.24, 2.45) is 0 Å². The molecule has 16 heavy (non-hydrogen) atoms. The second kappa shape index (κ2) is 4.97. The van der Waals surface area contributed by atoms with E-state index in [0.717, 1.165) is 22.9 Å². The molecule has 1 fully saturated rings. The van der Waals surface area contributed by atoms with Crippen LogP contribution in [0.1, 0.15) is 28.8 Å². The molecule has 0 saturated carbocycles. The molecule has 3 nitrogen and oxygen atoms in total. The number of amides is 1. The van der Waals surface area contributed by atoms with Gasteiger partial charge in [0.2, 0.25) is 0 Å². The van der Waals surface area contributed by atoms with Crippen molar-refractivity contribution < 1.29 is 9.63 Å². The molecular weight excluding hydrogens is 270 g/mol. The molecular formula is C12H14BrNO2. The highest BCUT2D eigenvalue weighted by Gasteiger charge is 2.19. The fourth-order valence-electron chi connectivity index (χ4n) is 1.63. The van der Waals surface area contributed by atoms with Crippen molar-refractivity contribution in [3.05, 3.63) is 33.8 Å². The Morgan fingerprint density at radius 1 is 1.44 bits per heavy atom. The first-order valence-corrected chi connectivity index (χ1v) is 6.19. The minimum atomic E-state index is -0.0552. The number of hydrogen-bond donors (Lipinski definition) is 0. The summed E-state index contributed by atoms with van der Waals surface area (Å²) in [7, 11) is 0. The summed E-state index contributed by atoms with van der Waals surface area (Å²) in [4.78, 5) is 17.4. The van der Waals surface area contributed by atoms with Crippen molar-refractivity contribution in [3.63, 3.8) is 0 Å². The van der Waals surface area contributed by atoms with Crippen LogP contribution in [0.3, 0.4) is 0 Å². The molecule has 1 amide bonds. The molecule has 1 saturated heterocycles. The van der Waals surface area contributed by atoms with Gasteiger partial charge in [-0.05, 0) is 37.5 Å². The lowest BCUT2D eigenvalue weighted by atomic mass is 10.1. The van der Waals surface area contributed by atoms with Crippen molar-refractivity contribution in [3.8, 4) is 0 Å². The molecule has 1 aromatic carbocycles. The summed E-state index contributed by atoms with van der Waals surface area (Å²) in [5, 5.41) is 1.46. The van der Waals surface area contributed by atoms with Crippen molar-refractivity contribution in [2.75, 3.05) is 13.2 Å². The normalized spacial score (nSPS) is 16.2. The number of nitrogens with zero attached hydrogens (tertiary/aromatic N) is 1. The molecule has 2 rings (SSSR count). The largest absolute Gasteiger partial charge is 0.277 e. The van der Waals surface area contributed by atoms with Gasteiger partial charge in [0.15, 0.2) is 0 Å². The summed E-state index contributed by atoms with van der Waals surface area (Å²) in [6, 6.07) is 5.61. The van der Waals surface area contributed by atoms with Crippen molar-refractivity contribution in [1.29, 1.82) is 0 Å². The third-order valence-electron chi connectivity index (χ3n) is 2.65. The molecule has 0 unspecified atom stereocenters. The molecule has 0 atom stereocenters. The Bertz CT molecular complexity index is 400. The van der Waals surface area contributed by atoms with Gasteiger partial charge in [0, 0.05) is 16.6 Å². The highest BCUT2D eigenvalue weighted by molar-refractivity contribution is 9.10. The average Bonchev–Trinajstić information content (AvgIpc) is 2.33. The maximum atomic E-state index is 12.0. The number of carbonyl (C=O) groups excluding carboxylic acids is 1. The Kier molecular flexibility index (Phi) is 3.61. The van der Waals surface area contributed by atoms with Crippen molar-refractivity contribution in [1.82, 2.24) is 5.06 Å². The first kappa shape index (κ1) is 11.6. The third kappa shape index (κ3) is 2.44. The summed E-state index contributed by atoms with van der Waals surface area (Å²) in [6.45, 7) is 3.32. The molecule has 0 radical (unpaired) electrons. The monoisotopic (exact) mass is 283 g/mol. The van der Waals surface area contributed by atoms with E-state index < -0.39 is 0 Å². The lowest BCUT2D eigenvalue weighted by molar-refractivity contribution is -0.144. The van der Waals surface area contributed by atoms with Crippen LogP contribution in [0.25, 0.3) is 0 Å². The molecule has 0 spiro atoms. The highest BCUT2D eigenvalue weighted by atomic mass is 79.9. The van der Waals surface area contributed by atoms with E-state index in [1.165, 1.54) is 5.06 Å². The van der Waals surface area contributed by atoms with E-state index in [1.54, 1.807) is 0 Å². The average molecular weight is 284 g/mol. The van der Waals surface area contributed by atoms with Gasteiger partial charge in [0.25, 0.3) is 5.91 Å². The predicted octanol–water partition coefficient (Wildman–Crippen LogP) is 2.93. The van der Waals surface area contributed by atoms with E-state index in [0.29, 0.717) is 18.7 Å². The minimum Gasteiger partial charge on any atom is -0.271 e. The van der Waals surface area contributed by atoms with E-state index >= 15 is 0 Å². The zero-order valence-electron chi connectivity index (χ0n) is 9.20. The fraction of sp³-hybridized carbons (Fsp3) is 0.417. The predicted molar refractivity (Wildman–Crippen MR) is 65.1 cm³/mol. The maximum Gasteiger partial charge on any atom is 0.277 e. The number of hydrogen-bond acceptors (Lipinski definition) is 2. The van der Waals surface area contributed by atoms with Crippen LogP contribution in [-0.2, 0) is 4.84 Å². The first-order chi connectivity index (χ1) is 7.68. The van der Waals surface area contributed by atoms with Crippen molar-refractivity contribution in [2.45, 2.75) is 19.8 Å². The number of rotatable bonds is 1. The van der Waals surface area contributed by atoms with Gasteiger partial charge in [-0.15, -0.1) is 0 Å². The smallest absolute Gasteiger partial charge is 0.271 e. The molecule has 4 heteroatoms. The summed E-state index contributed by atoms with van der Waals surface area (Å²) < 4.78 is 0.954. The lowest BCUT2D eigenvalue weighted by Crippen LogP contribution is -2.35. The Morgan fingerprint density at radius 3 is 2.88 bits per heavy atom. The van der Waals surface area contributed by atoms with Crippen LogP contribution in [-0.4, -0.2) is 24.1 Å². The van der Waals surface area contributed by atoms with Crippen LogP contribution >= 0.6 is 15.9 Å². The maximum absolute atomic E-state index is 12.0. The van der Waals surface area contributed by atoms with Crippen molar-refractivity contribution >= 4 is 21.8 Å². The van der Waals surface area contributed by atoms with Gasteiger partial charge < -0.3 is 0 Å². The molecule has 0 bridgehead atoms. The Morgan fingerprint density at radius 2 is 2.25 bits per heavy atom. The standard InChI is InChI=1S/C12H14BrNO2/c1-9-4-5-10(8-11(9)13)12(15)14-6-2-3-7-16-14/h4-5,8H,2-3,6-7H2,1H3. The summed E-state index contributed by atoms with van der Waals surface area (Å²) in [6.07, 6.45) is 2.04. The summed E-state index contributed by atoms with van der Waals surface area (Å²) >= 11 is 3.43. The number of hydroxylamine groups is 2. The van der Waals surface area contributed by atoms with E-state index in [9.17, 15) is 4.79 Å². The topological polar surface area (TPSA) is 29.5 Å². The van der Waals surface area contributed by atoms with Gasteiger partial charge in [0.1, 0.15) is 0 Å². The second-order valence-electron chi connectivity index (χ2n) is 3.91. The van der Waals surface area contributed by atoms with E-state index in [-0.39, 0.29) is 5.91 Å². The number of carbonyl (C=O) groups is 1. The zero-order chi connectivity index (χ0) is 11.5. The highest BCUT2D eigenvalue weighted by Crippen LogP contribution is 2.19. The Balaban J connectivity index is 2.16. The zero-order valence-corrected chi connectivity index (χ0v) is 10.8. The molecule has 1 aliphatic heterocycles. The van der Waals surface area contributed by atoms with E-state index in [2.05, 4.69) is 15.9 Å². The van der Waals surface area contributed by atoms with Gasteiger partial charge in [0.05, 0.1) is 6.61 Å². The molecule has 1 heterocycles. The molecule has 1 aliphatic rings. The number of halogens is 1. The number of aryl methyl sites for hydroxylation is 1. The van der Waals surface area contributed by atoms with E-state index in [4.69, 9.17) is 4.84 Å². The Hall–Kier alpha value is -0.870. The van der Waals surface area contributed by atoms with Crippen LogP contribution in [0.2, 0.25) is 0 Å². The van der Waals surface area contributed by atoms with E-state index in [1.807, 2.05) is 25.1 Å². The molecule has 0 N–H and O–H groups in total. The van der Waals surface area contributed by atoms with Crippen LogP contribution in [0, 0.1) is 6.92 Å². The fourth-order valence-corrected chi connectivity index (χ4v) is 2.01. The van der Waals surface area contributed by atoms with Gasteiger partial charge in [-0.1, -0.05) is 22.0 Å². The Labute approximate surface area is 103 Å². The van der Waals surface area contributed by atoms with Crippen LogP contribution in [0.4, 0.5) is 0 Å². The second-order valence-corrected chi connectivity index (χ2v) is 4.77. The number of benzene rings is 1. The van der Waals surface area contributed by atoms with Crippen LogP contribution in [0.15, 0.2) is 22.7 Å². The van der Waals surface area contributed by atoms with Crippen LogP contribution < -0.4 is 0 Å². The lowest BCUT2D eigenvalue weighted by Gasteiger charge is -2.25. The summed E-state index contributed by atoms with van der Waals surface area (Å²) in [5.74, 6) is -0.0552. The van der Waals surface area contributed by atoms with Gasteiger partial charge in [-0.25, -0.2) is 5.06 Å². The summed E-state index contributed by atoms with van der Waals surface area (Å²) in [5.41, 5.74) is 1.79. The van der Waals surface area contributed by atoms with Gasteiger partial charge in [-0.2, -0.15) is 0 Å². The quantitative estimate of drug-likeness (QED) is 0.793. The van der Waals surface area contributed by atoms with Gasteiger partial charge in [-0.3, -0.25) is 9.63 Å². The SMILES string of the molecule is Cc1ccc(C(=O)N2CCCCO2)cc1Br. The molecule has 1 aromatic rings. The first-order valence-electron chi connectivity index (χ1n) is 5.39. The third-order valence-corrected chi connectivity index (χ3v) is 3.50. The molecule has 0 aliphatic carbocycles.